The van der Waals surface area contributed by atoms with Crippen molar-refractivity contribution < 1.29 is 4.79 Å². The highest BCUT2D eigenvalue weighted by molar-refractivity contribution is 6.29. The molecule has 0 saturated carbocycles. The molecule has 1 atom stereocenters. The van der Waals surface area contributed by atoms with Crippen LogP contribution in [0.3, 0.4) is 0 Å². The molecule has 1 amide bonds. The van der Waals surface area contributed by atoms with E-state index in [1.165, 1.54) is 0 Å². The molecule has 0 aromatic rings. The first-order chi connectivity index (χ1) is 11.0. The first-order valence-corrected chi connectivity index (χ1v) is 8.72. The second kappa shape index (κ2) is 8.55. The van der Waals surface area contributed by atoms with E-state index in [1.807, 2.05) is 11.8 Å². The van der Waals surface area contributed by atoms with Crippen LogP contribution in [0.4, 0.5) is 0 Å². The molecule has 0 aliphatic carbocycles. The number of rotatable bonds is 4. The van der Waals surface area contributed by atoms with Gasteiger partial charge in [-0.15, -0.1) is 0 Å². The van der Waals surface area contributed by atoms with E-state index in [0.29, 0.717) is 11.6 Å². The summed E-state index contributed by atoms with van der Waals surface area (Å²) in [6.07, 6.45) is 2.28. The number of piperazine rings is 1. The van der Waals surface area contributed by atoms with Gasteiger partial charge in [-0.05, 0) is 19.8 Å². The molecule has 2 fully saturated rings. The van der Waals surface area contributed by atoms with Gasteiger partial charge in [-0.2, -0.15) is 0 Å². The molecular weight excluding hydrogens is 314 g/mol. The SMILES string of the molecule is C=C(Cl)CNC(=NC)N1CCN(C(C)C(=O)N2CCCC2)CC1. The highest BCUT2D eigenvalue weighted by Gasteiger charge is 2.30. The average molecular weight is 342 g/mol. The molecule has 2 aliphatic rings. The maximum atomic E-state index is 12.5. The second-order valence-electron chi connectivity index (χ2n) is 6.15. The van der Waals surface area contributed by atoms with Crippen LogP contribution in [-0.4, -0.2) is 85.5 Å². The number of hydrogen-bond donors (Lipinski definition) is 1. The molecular formula is C16H28ClN5O. The smallest absolute Gasteiger partial charge is 0.239 e. The standard InChI is InChI=1S/C16H28ClN5O/c1-13(17)12-19-16(18-3)22-10-8-20(9-11-22)14(2)15(23)21-6-4-5-7-21/h14H,1,4-12H2,2-3H3,(H,18,19). The van der Waals surface area contributed by atoms with Gasteiger partial charge in [0.1, 0.15) is 0 Å². The summed E-state index contributed by atoms with van der Waals surface area (Å²) in [7, 11) is 1.77. The molecule has 1 N–H and O–H groups in total. The summed E-state index contributed by atoms with van der Waals surface area (Å²) in [6, 6.07) is -0.0344. The molecule has 2 saturated heterocycles. The lowest BCUT2D eigenvalue weighted by atomic mass is 10.2. The Labute approximate surface area is 144 Å². The number of nitrogens with one attached hydrogen (secondary N) is 1. The molecule has 130 valence electrons. The van der Waals surface area contributed by atoms with Crippen LogP contribution in [-0.2, 0) is 4.79 Å². The van der Waals surface area contributed by atoms with E-state index in [0.717, 1.165) is 58.1 Å². The summed E-state index contributed by atoms with van der Waals surface area (Å²) < 4.78 is 0. The number of nitrogens with zero attached hydrogens (tertiary/aromatic N) is 4. The number of halogens is 1. The van der Waals surface area contributed by atoms with Gasteiger partial charge in [0.2, 0.25) is 5.91 Å². The predicted molar refractivity (Wildman–Crippen MR) is 94.8 cm³/mol. The minimum absolute atomic E-state index is 0.0344. The van der Waals surface area contributed by atoms with Crippen molar-refractivity contribution in [1.82, 2.24) is 20.0 Å². The van der Waals surface area contributed by atoms with E-state index in [4.69, 9.17) is 11.6 Å². The number of guanidine groups is 1. The van der Waals surface area contributed by atoms with Gasteiger partial charge in [-0.1, -0.05) is 18.2 Å². The zero-order valence-electron chi connectivity index (χ0n) is 14.2. The lowest BCUT2D eigenvalue weighted by Crippen LogP contribution is -2.57. The molecule has 2 aliphatic heterocycles. The fourth-order valence-electron chi connectivity index (χ4n) is 3.19. The Morgan fingerprint density at radius 3 is 2.30 bits per heavy atom. The van der Waals surface area contributed by atoms with Crippen LogP contribution in [0.1, 0.15) is 19.8 Å². The van der Waals surface area contributed by atoms with Crippen LogP contribution >= 0.6 is 11.6 Å². The highest BCUT2D eigenvalue weighted by atomic mass is 35.5. The van der Waals surface area contributed by atoms with Crippen molar-refractivity contribution in [2.24, 2.45) is 4.99 Å². The normalized spacial score (nSPS) is 21.4. The Morgan fingerprint density at radius 2 is 1.78 bits per heavy atom. The highest BCUT2D eigenvalue weighted by Crippen LogP contribution is 2.14. The summed E-state index contributed by atoms with van der Waals surface area (Å²) in [5.74, 6) is 1.11. The van der Waals surface area contributed by atoms with Crippen LogP contribution in [0.25, 0.3) is 0 Å². The molecule has 0 bridgehead atoms. The van der Waals surface area contributed by atoms with Crippen molar-refractivity contribution in [3.8, 4) is 0 Å². The van der Waals surface area contributed by atoms with Crippen LogP contribution in [0.15, 0.2) is 16.6 Å². The zero-order chi connectivity index (χ0) is 16.8. The number of hydrogen-bond acceptors (Lipinski definition) is 3. The molecule has 0 aromatic carbocycles. The third-order valence-corrected chi connectivity index (χ3v) is 4.72. The zero-order valence-corrected chi connectivity index (χ0v) is 15.0. The van der Waals surface area contributed by atoms with Crippen molar-refractivity contribution in [3.63, 3.8) is 0 Å². The first-order valence-electron chi connectivity index (χ1n) is 8.34. The van der Waals surface area contributed by atoms with Crippen molar-refractivity contribution >= 4 is 23.5 Å². The van der Waals surface area contributed by atoms with E-state index in [-0.39, 0.29) is 11.9 Å². The van der Waals surface area contributed by atoms with Crippen LogP contribution in [0.2, 0.25) is 0 Å². The van der Waals surface area contributed by atoms with Crippen molar-refractivity contribution in [2.45, 2.75) is 25.8 Å². The van der Waals surface area contributed by atoms with Crippen LogP contribution in [0, 0.1) is 0 Å². The Morgan fingerprint density at radius 1 is 1.17 bits per heavy atom. The summed E-state index contributed by atoms with van der Waals surface area (Å²) >= 11 is 5.80. The van der Waals surface area contributed by atoms with Gasteiger partial charge in [0, 0.05) is 51.3 Å². The lowest BCUT2D eigenvalue weighted by molar-refractivity contribution is -0.135. The molecule has 2 heterocycles. The van der Waals surface area contributed by atoms with Crippen molar-refractivity contribution in [2.75, 3.05) is 52.9 Å². The van der Waals surface area contributed by atoms with Crippen LogP contribution < -0.4 is 5.32 Å². The molecule has 0 spiro atoms. The van der Waals surface area contributed by atoms with Crippen molar-refractivity contribution in [1.29, 1.82) is 0 Å². The largest absolute Gasteiger partial charge is 0.351 e. The fraction of sp³-hybridized carbons (Fsp3) is 0.750. The number of aliphatic imine (C=N–C) groups is 1. The third kappa shape index (κ3) is 4.85. The molecule has 0 radical (unpaired) electrons. The minimum atomic E-state index is -0.0344. The fourth-order valence-corrected chi connectivity index (χ4v) is 3.25. The number of amides is 1. The van der Waals surface area contributed by atoms with Gasteiger partial charge >= 0.3 is 0 Å². The summed E-state index contributed by atoms with van der Waals surface area (Å²) in [4.78, 5) is 23.3. The quantitative estimate of drug-likeness (QED) is 0.611. The van der Waals surface area contributed by atoms with E-state index in [2.05, 4.69) is 26.7 Å². The van der Waals surface area contributed by atoms with Crippen molar-refractivity contribution in [3.05, 3.63) is 11.6 Å². The van der Waals surface area contributed by atoms with Gasteiger partial charge in [0.05, 0.1) is 12.6 Å². The molecule has 2 rings (SSSR count). The van der Waals surface area contributed by atoms with E-state index < -0.39 is 0 Å². The van der Waals surface area contributed by atoms with Gasteiger partial charge in [-0.25, -0.2) is 0 Å². The topological polar surface area (TPSA) is 51.2 Å². The predicted octanol–water partition coefficient (Wildman–Crippen LogP) is 0.943. The summed E-state index contributed by atoms with van der Waals surface area (Å²) in [6.45, 7) is 11.5. The maximum Gasteiger partial charge on any atom is 0.239 e. The summed E-state index contributed by atoms with van der Waals surface area (Å²) in [5, 5.41) is 3.77. The van der Waals surface area contributed by atoms with E-state index in [1.54, 1.807) is 7.05 Å². The molecule has 7 heteroatoms. The summed E-state index contributed by atoms with van der Waals surface area (Å²) in [5.41, 5.74) is 0. The van der Waals surface area contributed by atoms with Gasteiger partial charge in [0.15, 0.2) is 5.96 Å². The number of carbonyl (C=O) groups excluding carboxylic acids is 1. The van der Waals surface area contributed by atoms with Gasteiger partial charge in [-0.3, -0.25) is 14.7 Å². The first kappa shape index (κ1) is 18.1. The van der Waals surface area contributed by atoms with E-state index >= 15 is 0 Å². The van der Waals surface area contributed by atoms with Crippen LogP contribution in [0.5, 0.6) is 0 Å². The Hall–Kier alpha value is -1.27. The Bertz CT molecular complexity index is 453. The Balaban J connectivity index is 1.82. The number of likely N-dealkylation sites (tertiary alicyclic amines) is 1. The molecule has 6 nitrogen and oxygen atoms in total. The van der Waals surface area contributed by atoms with E-state index in [9.17, 15) is 4.79 Å². The lowest BCUT2D eigenvalue weighted by Gasteiger charge is -2.39. The monoisotopic (exact) mass is 341 g/mol. The number of carbonyl (C=O) groups is 1. The molecule has 23 heavy (non-hydrogen) atoms. The van der Waals surface area contributed by atoms with Gasteiger partial charge < -0.3 is 15.1 Å². The Kier molecular flexibility index (Phi) is 6.72. The maximum absolute atomic E-state index is 12.5. The third-order valence-electron chi connectivity index (χ3n) is 4.59. The van der Waals surface area contributed by atoms with Gasteiger partial charge in [0.25, 0.3) is 0 Å². The molecule has 1 unspecified atom stereocenters. The molecule has 0 aromatic heterocycles. The second-order valence-corrected chi connectivity index (χ2v) is 6.68. The minimum Gasteiger partial charge on any atom is -0.351 e. The average Bonchev–Trinajstić information content (AvgIpc) is 3.09.